The van der Waals surface area contributed by atoms with E-state index in [0.717, 1.165) is 13.0 Å². The van der Waals surface area contributed by atoms with Crippen molar-refractivity contribution < 1.29 is 67.5 Å². The van der Waals surface area contributed by atoms with Crippen LogP contribution in [0.1, 0.15) is 99.0 Å². The average Bonchev–Trinajstić information content (AvgIpc) is 3.43. The van der Waals surface area contributed by atoms with Crippen molar-refractivity contribution in [2.45, 2.75) is 93.3 Å². The number of amides is 1. The second-order valence-electron chi connectivity index (χ2n) is 15.7. The Bertz CT molecular complexity index is 2090. The quantitative estimate of drug-likeness (QED) is 0.0699. The lowest BCUT2D eigenvalue weighted by molar-refractivity contribution is -0.172. The van der Waals surface area contributed by atoms with Crippen molar-refractivity contribution >= 4 is 47.4 Å². The standard InChI is InChI=1S/C44H55N3O14/c1-22(13-11-14-24(3)43(55)46-31-21-32(51)33-34(37(31)53)36(52)25(4)41-35(33)42(54)44(10,56)61-41)38(58-28(7)48)26(5)40(60-30(9)50)27(6)39(59-29(8)49)23(2)15-12-16-45-47-17-19-57-20-18-47/h11-16,21-23,26-27,38-40,52,56H,17-20H2,1-10H3,(H,46,55)/b13-11+,15-12+,24-14+,45-16+. The van der Waals surface area contributed by atoms with Crippen LogP contribution in [0.15, 0.2) is 52.8 Å². The second kappa shape index (κ2) is 20.1. The van der Waals surface area contributed by atoms with Gasteiger partial charge in [-0.2, -0.15) is 5.10 Å². The summed E-state index contributed by atoms with van der Waals surface area (Å²) >= 11 is 0. The molecule has 2 heterocycles. The number of fused-ring (bicyclic) bond motifs is 3. The topological polar surface area (TPSA) is 234 Å². The van der Waals surface area contributed by atoms with Crippen molar-refractivity contribution in [1.29, 1.82) is 0 Å². The minimum atomic E-state index is -2.31. The molecule has 3 aliphatic rings. The molecule has 61 heavy (non-hydrogen) atoms. The fraction of sp³-hybridized carbons (Fsp3) is 0.500. The fourth-order valence-electron chi connectivity index (χ4n) is 7.57. The maximum Gasteiger partial charge on any atom is 0.302 e. The van der Waals surface area contributed by atoms with E-state index in [1.54, 1.807) is 39.1 Å². The summed E-state index contributed by atoms with van der Waals surface area (Å²) < 4.78 is 28.1. The van der Waals surface area contributed by atoms with Crippen molar-refractivity contribution in [3.05, 3.63) is 70.0 Å². The minimum Gasteiger partial charge on any atom is -0.507 e. The number of aliphatic hydroxyl groups is 1. The van der Waals surface area contributed by atoms with E-state index >= 15 is 0 Å². The van der Waals surface area contributed by atoms with Gasteiger partial charge < -0.3 is 39.2 Å². The first-order valence-electron chi connectivity index (χ1n) is 19.9. The third-order valence-corrected chi connectivity index (χ3v) is 10.7. The fourth-order valence-corrected chi connectivity index (χ4v) is 7.57. The van der Waals surface area contributed by atoms with Crippen LogP contribution in [0.4, 0.5) is 0 Å². The first-order valence-corrected chi connectivity index (χ1v) is 19.9. The number of carbonyl (C=O) groups is 7. The van der Waals surface area contributed by atoms with Crippen molar-refractivity contribution in [2.24, 2.45) is 28.8 Å². The van der Waals surface area contributed by atoms with Gasteiger partial charge in [-0.3, -0.25) is 38.6 Å². The number of ketones is 3. The number of allylic oxidation sites excluding steroid dienone is 5. The van der Waals surface area contributed by atoms with Gasteiger partial charge in [0.25, 0.3) is 11.7 Å². The highest BCUT2D eigenvalue weighted by molar-refractivity contribution is 6.30. The summed E-state index contributed by atoms with van der Waals surface area (Å²) in [5.41, 5.74) is -1.68. The van der Waals surface area contributed by atoms with Gasteiger partial charge in [-0.05, 0) is 19.9 Å². The van der Waals surface area contributed by atoms with Gasteiger partial charge in [0.15, 0.2) is 5.78 Å². The first kappa shape index (κ1) is 47.7. The van der Waals surface area contributed by atoms with Crippen LogP contribution < -0.4 is 10.1 Å². The molecule has 0 aromatic heterocycles. The van der Waals surface area contributed by atoms with E-state index in [0.29, 0.717) is 26.3 Å². The number of aromatic hydroxyl groups is 1. The molecule has 4 rings (SSSR count). The third-order valence-electron chi connectivity index (χ3n) is 10.7. The van der Waals surface area contributed by atoms with Crippen molar-refractivity contribution in [2.75, 3.05) is 26.3 Å². The lowest BCUT2D eigenvalue weighted by Crippen LogP contribution is -2.47. The molecule has 330 valence electrons. The van der Waals surface area contributed by atoms with Gasteiger partial charge in [0.1, 0.15) is 29.8 Å². The molecule has 17 heteroatoms. The zero-order valence-electron chi connectivity index (χ0n) is 36.1. The number of Topliss-reactive ketones (excluding diaryl/α,β-unsaturated/α-hetero) is 2. The van der Waals surface area contributed by atoms with E-state index in [4.69, 9.17) is 23.7 Å². The second-order valence-corrected chi connectivity index (χ2v) is 15.7. The summed E-state index contributed by atoms with van der Waals surface area (Å²) in [7, 11) is 0. The van der Waals surface area contributed by atoms with Crippen molar-refractivity contribution in [3.63, 3.8) is 0 Å². The Morgan fingerprint density at radius 3 is 1.90 bits per heavy atom. The maximum absolute atomic E-state index is 13.6. The monoisotopic (exact) mass is 849 g/mol. The Labute approximate surface area is 354 Å². The summed E-state index contributed by atoms with van der Waals surface area (Å²) in [6.45, 7) is 17.3. The molecule has 0 spiro atoms. The molecule has 3 N–H and O–H groups in total. The van der Waals surface area contributed by atoms with Crippen LogP contribution in [-0.4, -0.2) is 113 Å². The number of benzene rings is 1. The SMILES string of the molecule is CC(=O)OC(C(C)/C=C/C=N/N1CCOCC1)C(C)C(OC(C)=O)C(C)C(OC(C)=O)C(C)/C=C/C=C(\C)C(=O)NC1=CC(=O)c2c(c(O)c(C)c3c2C(=O)C(C)(O)O3)C1=O. The van der Waals surface area contributed by atoms with Crippen LogP contribution >= 0.6 is 0 Å². The van der Waals surface area contributed by atoms with Gasteiger partial charge >= 0.3 is 17.9 Å². The lowest BCUT2D eigenvalue weighted by Gasteiger charge is -2.39. The number of hydrogen-bond donors (Lipinski definition) is 3. The van der Waals surface area contributed by atoms with Gasteiger partial charge in [-0.15, -0.1) is 0 Å². The molecule has 1 fully saturated rings. The van der Waals surface area contributed by atoms with E-state index in [2.05, 4.69) is 10.4 Å². The Balaban J connectivity index is 1.52. The van der Waals surface area contributed by atoms with E-state index in [-0.39, 0.29) is 28.4 Å². The van der Waals surface area contributed by atoms with E-state index in [1.807, 2.05) is 18.0 Å². The number of nitrogens with zero attached hydrogens (tertiary/aromatic N) is 2. The number of phenols is 1. The van der Waals surface area contributed by atoms with Crippen LogP contribution in [0.3, 0.4) is 0 Å². The lowest BCUT2D eigenvalue weighted by atomic mass is 9.79. The predicted molar refractivity (Wildman–Crippen MR) is 220 cm³/mol. The van der Waals surface area contributed by atoms with Crippen LogP contribution in [0.2, 0.25) is 0 Å². The Morgan fingerprint density at radius 2 is 1.36 bits per heavy atom. The highest BCUT2D eigenvalue weighted by Gasteiger charge is 2.49. The number of morpholine rings is 1. The van der Waals surface area contributed by atoms with E-state index < -0.39 is 106 Å². The summed E-state index contributed by atoms with van der Waals surface area (Å²) in [5, 5.41) is 30.0. The normalized spacial score (nSPS) is 21.5. The number of phenolic OH excluding ortho intramolecular Hbond substituents is 1. The Kier molecular flexibility index (Phi) is 15.7. The maximum atomic E-state index is 13.6. The molecule has 1 amide bonds. The summed E-state index contributed by atoms with van der Waals surface area (Å²) in [4.78, 5) is 90.3. The van der Waals surface area contributed by atoms with Crippen LogP contribution in [0.5, 0.6) is 11.5 Å². The average molecular weight is 850 g/mol. The molecule has 17 nitrogen and oxygen atoms in total. The van der Waals surface area contributed by atoms with Gasteiger partial charge in [0.05, 0.1) is 48.7 Å². The van der Waals surface area contributed by atoms with Gasteiger partial charge in [-0.25, -0.2) is 0 Å². The molecule has 8 atom stereocenters. The molecule has 1 aromatic carbocycles. The first-order chi connectivity index (χ1) is 28.6. The molecule has 1 aromatic rings. The zero-order chi connectivity index (χ0) is 45.5. The van der Waals surface area contributed by atoms with Crippen molar-refractivity contribution in [3.8, 4) is 11.5 Å². The smallest absolute Gasteiger partial charge is 0.302 e. The number of esters is 3. The molecular formula is C44H55N3O14. The number of ether oxygens (including phenoxy) is 5. The highest BCUT2D eigenvalue weighted by atomic mass is 16.6. The zero-order valence-corrected chi connectivity index (χ0v) is 36.1. The molecule has 0 radical (unpaired) electrons. The molecule has 8 unspecified atom stereocenters. The van der Waals surface area contributed by atoms with Gasteiger partial charge in [-0.1, -0.05) is 52.0 Å². The van der Waals surface area contributed by atoms with Gasteiger partial charge in [0, 0.05) is 74.8 Å². The number of hydrazone groups is 1. The van der Waals surface area contributed by atoms with E-state index in [9.17, 15) is 43.8 Å². The molecule has 1 aliphatic carbocycles. The van der Waals surface area contributed by atoms with Crippen LogP contribution in [-0.2, 0) is 38.1 Å². The molecule has 1 saturated heterocycles. The van der Waals surface area contributed by atoms with Crippen LogP contribution in [0, 0.1) is 30.6 Å². The summed E-state index contributed by atoms with van der Waals surface area (Å²) in [6, 6.07) is 0. The molecule has 0 bridgehead atoms. The predicted octanol–water partition coefficient (Wildman–Crippen LogP) is 4.08. The van der Waals surface area contributed by atoms with E-state index in [1.165, 1.54) is 46.8 Å². The minimum absolute atomic E-state index is 0.0454. The number of hydrogen-bond acceptors (Lipinski definition) is 16. The largest absolute Gasteiger partial charge is 0.507 e. The summed E-state index contributed by atoms with van der Waals surface area (Å²) in [6.07, 6.45) is 8.15. The van der Waals surface area contributed by atoms with Gasteiger partial charge in [0.2, 0.25) is 11.6 Å². The Morgan fingerprint density at radius 1 is 0.836 bits per heavy atom. The Hall–Kier alpha value is -5.94. The molecular weight excluding hydrogens is 794 g/mol. The number of carbonyl (C=O) groups excluding carboxylic acids is 7. The molecule has 0 saturated carbocycles. The van der Waals surface area contributed by atoms with Crippen molar-refractivity contribution in [1.82, 2.24) is 10.3 Å². The van der Waals surface area contributed by atoms with Crippen LogP contribution in [0.25, 0.3) is 0 Å². The molecule has 2 aliphatic heterocycles. The number of nitrogens with one attached hydrogen (secondary N) is 1. The number of rotatable bonds is 16. The third kappa shape index (κ3) is 11.3. The summed E-state index contributed by atoms with van der Waals surface area (Å²) in [5.74, 6) is -10.6. The highest BCUT2D eigenvalue weighted by Crippen LogP contribution is 2.46.